The first-order valence-electron chi connectivity index (χ1n) is 6.87. The van der Waals surface area contributed by atoms with Crippen LogP contribution in [0.15, 0.2) is 59.6 Å². The van der Waals surface area contributed by atoms with Gasteiger partial charge in [-0.1, -0.05) is 42.0 Å². The Hall–Kier alpha value is -2.11. The van der Waals surface area contributed by atoms with E-state index >= 15 is 0 Å². The molecule has 0 aliphatic carbocycles. The van der Waals surface area contributed by atoms with Crippen molar-refractivity contribution in [1.82, 2.24) is 4.90 Å². The SMILES string of the molecule is CN1C=Cc2ccccc2C1.Cc1ccc(S(=O)(=O)O)cc1. The van der Waals surface area contributed by atoms with Crippen LogP contribution >= 0.6 is 0 Å². The van der Waals surface area contributed by atoms with E-state index in [4.69, 9.17) is 4.55 Å². The van der Waals surface area contributed by atoms with Gasteiger partial charge in [-0.25, -0.2) is 0 Å². The Kier molecular flexibility index (Phi) is 5.00. The number of hydrogen-bond acceptors (Lipinski definition) is 3. The third kappa shape index (κ3) is 4.44. The maximum absolute atomic E-state index is 10.5. The second-order valence-electron chi connectivity index (χ2n) is 5.22. The Morgan fingerprint density at radius 3 is 2.32 bits per heavy atom. The van der Waals surface area contributed by atoms with Crippen molar-refractivity contribution in [3.8, 4) is 0 Å². The van der Waals surface area contributed by atoms with Gasteiger partial charge in [-0.3, -0.25) is 4.55 Å². The summed E-state index contributed by atoms with van der Waals surface area (Å²) in [6, 6.07) is 14.5. The summed E-state index contributed by atoms with van der Waals surface area (Å²) in [6.07, 6.45) is 4.27. The van der Waals surface area contributed by atoms with Crippen molar-refractivity contribution in [1.29, 1.82) is 0 Å². The van der Waals surface area contributed by atoms with Gasteiger partial charge in [0.2, 0.25) is 0 Å². The lowest BCUT2D eigenvalue weighted by Gasteiger charge is -2.20. The highest BCUT2D eigenvalue weighted by Gasteiger charge is 2.07. The zero-order valence-electron chi connectivity index (χ0n) is 12.6. The van der Waals surface area contributed by atoms with Crippen LogP contribution in [0.5, 0.6) is 0 Å². The average molecular weight is 317 g/mol. The molecule has 0 aromatic heterocycles. The highest BCUT2D eigenvalue weighted by Crippen LogP contribution is 2.17. The Balaban J connectivity index is 0.000000160. The molecule has 0 saturated carbocycles. The number of fused-ring (bicyclic) bond motifs is 1. The fourth-order valence-corrected chi connectivity index (χ4v) is 2.56. The van der Waals surface area contributed by atoms with Crippen LogP contribution in [-0.2, 0) is 16.7 Å². The lowest BCUT2D eigenvalue weighted by atomic mass is 10.1. The summed E-state index contributed by atoms with van der Waals surface area (Å²) in [4.78, 5) is 2.12. The molecule has 4 nitrogen and oxygen atoms in total. The molecule has 5 heteroatoms. The minimum Gasteiger partial charge on any atom is -0.376 e. The van der Waals surface area contributed by atoms with Crippen LogP contribution in [0.1, 0.15) is 16.7 Å². The van der Waals surface area contributed by atoms with E-state index < -0.39 is 10.1 Å². The van der Waals surface area contributed by atoms with Crippen molar-refractivity contribution in [2.45, 2.75) is 18.4 Å². The molecule has 0 bridgehead atoms. The molecular weight excluding hydrogens is 298 g/mol. The third-order valence-electron chi connectivity index (χ3n) is 3.30. The van der Waals surface area contributed by atoms with E-state index in [1.807, 2.05) is 6.92 Å². The van der Waals surface area contributed by atoms with Crippen LogP contribution < -0.4 is 0 Å². The largest absolute Gasteiger partial charge is 0.376 e. The molecule has 0 spiro atoms. The first-order chi connectivity index (χ1) is 10.4. The first kappa shape index (κ1) is 16.3. The smallest absolute Gasteiger partial charge is 0.294 e. The van der Waals surface area contributed by atoms with Crippen molar-refractivity contribution in [3.63, 3.8) is 0 Å². The fraction of sp³-hybridized carbons (Fsp3) is 0.176. The molecule has 22 heavy (non-hydrogen) atoms. The Bertz CT molecular complexity index is 765. The normalized spacial score (nSPS) is 13.1. The Labute approximate surface area is 131 Å². The molecule has 0 unspecified atom stereocenters. The minimum absolute atomic E-state index is 0.0666. The van der Waals surface area contributed by atoms with E-state index in [-0.39, 0.29) is 4.90 Å². The van der Waals surface area contributed by atoms with E-state index in [1.165, 1.54) is 23.3 Å². The van der Waals surface area contributed by atoms with Gasteiger partial charge in [0.15, 0.2) is 0 Å². The summed E-state index contributed by atoms with van der Waals surface area (Å²) in [7, 11) is -1.93. The zero-order valence-corrected chi connectivity index (χ0v) is 13.4. The topological polar surface area (TPSA) is 57.6 Å². The number of nitrogens with zero attached hydrogens (tertiary/aromatic N) is 1. The summed E-state index contributed by atoms with van der Waals surface area (Å²) in [6.45, 7) is 2.88. The molecule has 0 saturated heterocycles. The van der Waals surface area contributed by atoms with Gasteiger partial charge in [-0.05, 0) is 42.5 Å². The van der Waals surface area contributed by atoms with Crippen molar-refractivity contribution < 1.29 is 13.0 Å². The second-order valence-corrected chi connectivity index (χ2v) is 6.64. The summed E-state index contributed by atoms with van der Waals surface area (Å²) in [5.74, 6) is 0. The highest BCUT2D eigenvalue weighted by atomic mass is 32.2. The molecule has 3 rings (SSSR count). The van der Waals surface area contributed by atoms with Crippen LogP contribution in [0.3, 0.4) is 0 Å². The molecule has 0 radical (unpaired) electrons. The summed E-state index contributed by atoms with van der Waals surface area (Å²) in [5, 5.41) is 0. The van der Waals surface area contributed by atoms with Crippen molar-refractivity contribution >= 4 is 16.2 Å². The van der Waals surface area contributed by atoms with E-state index in [9.17, 15) is 8.42 Å². The lowest BCUT2D eigenvalue weighted by Crippen LogP contribution is -2.13. The molecule has 1 heterocycles. The van der Waals surface area contributed by atoms with Gasteiger partial charge >= 0.3 is 0 Å². The van der Waals surface area contributed by atoms with E-state index in [0.717, 1.165) is 12.1 Å². The van der Waals surface area contributed by atoms with Crippen LogP contribution in [0.2, 0.25) is 0 Å². The summed E-state index contributed by atoms with van der Waals surface area (Å²) < 4.78 is 29.6. The van der Waals surface area contributed by atoms with E-state index in [0.29, 0.717) is 0 Å². The van der Waals surface area contributed by atoms with Gasteiger partial charge < -0.3 is 4.90 Å². The number of aryl methyl sites for hydroxylation is 1. The van der Waals surface area contributed by atoms with Crippen LogP contribution in [0, 0.1) is 6.92 Å². The monoisotopic (exact) mass is 317 g/mol. The van der Waals surface area contributed by atoms with Gasteiger partial charge in [-0.2, -0.15) is 8.42 Å². The molecule has 0 atom stereocenters. The Morgan fingerprint density at radius 2 is 1.68 bits per heavy atom. The second kappa shape index (κ2) is 6.77. The maximum Gasteiger partial charge on any atom is 0.294 e. The third-order valence-corrected chi connectivity index (χ3v) is 4.17. The van der Waals surface area contributed by atoms with Gasteiger partial charge in [-0.15, -0.1) is 0 Å². The summed E-state index contributed by atoms with van der Waals surface area (Å²) >= 11 is 0. The van der Waals surface area contributed by atoms with E-state index in [2.05, 4.69) is 48.5 Å². The average Bonchev–Trinajstić information content (AvgIpc) is 2.47. The van der Waals surface area contributed by atoms with Gasteiger partial charge in [0.25, 0.3) is 10.1 Å². The number of rotatable bonds is 1. The molecule has 2 aromatic rings. The molecule has 0 fully saturated rings. The number of hydrogen-bond donors (Lipinski definition) is 1. The van der Waals surface area contributed by atoms with E-state index in [1.54, 1.807) is 12.1 Å². The Morgan fingerprint density at radius 1 is 1.05 bits per heavy atom. The van der Waals surface area contributed by atoms with Gasteiger partial charge in [0, 0.05) is 13.6 Å². The highest BCUT2D eigenvalue weighted by molar-refractivity contribution is 7.85. The molecule has 1 aliphatic rings. The van der Waals surface area contributed by atoms with Crippen molar-refractivity contribution in [2.75, 3.05) is 7.05 Å². The summed E-state index contributed by atoms with van der Waals surface area (Å²) in [5.41, 5.74) is 3.72. The zero-order chi connectivity index (χ0) is 16.2. The minimum atomic E-state index is -4.02. The van der Waals surface area contributed by atoms with Crippen molar-refractivity contribution in [2.24, 2.45) is 0 Å². The van der Waals surface area contributed by atoms with Crippen LogP contribution in [-0.4, -0.2) is 24.9 Å². The molecule has 1 aliphatic heterocycles. The molecule has 2 aromatic carbocycles. The first-order valence-corrected chi connectivity index (χ1v) is 8.31. The fourth-order valence-electron chi connectivity index (χ4n) is 2.08. The van der Waals surface area contributed by atoms with Gasteiger partial charge in [0.05, 0.1) is 4.90 Å². The van der Waals surface area contributed by atoms with Crippen LogP contribution in [0.4, 0.5) is 0 Å². The predicted molar refractivity (Wildman–Crippen MR) is 87.9 cm³/mol. The van der Waals surface area contributed by atoms with Gasteiger partial charge in [0.1, 0.15) is 0 Å². The lowest BCUT2D eigenvalue weighted by molar-refractivity contribution is 0.448. The maximum atomic E-state index is 10.5. The molecule has 1 N–H and O–H groups in total. The number of benzene rings is 2. The molecule has 0 amide bonds. The standard InChI is InChI=1S/C10H11N.C7H8O3S/c1-11-7-6-9-4-2-3-5-10(9)8-11;1-6-2-4-7(5-3-6)11(8,9)10/h2-7H,8H2,1H3;2-5H,1H3,(H,8,9,10). The van der Waals surface area contributed by atoms with Crippen molar-refractivity contribution in [3.05, 3.63) is 71.4 Å². The quantitative estimate of drug-likeness (QED) is 0.820. The van der Waals surface area contributed by atoms with Crippen LogP contribution in [0.25, 0.3) is 6.08 Å². The molecular formula is C17H19NO3S. The molecule has 116 valence electrons. The predicted octanol–water partition coefficient (Wildman–Crippen LogP) is 3.34.